The topological polar surface area (TPSA) is 63.8 Å². The van der Waals surface area contributed by atoms with Crippen LogP contribution in [-0.2, 0) is 0 Å². The second kappa shape index (κ2) is 3.38. The Labute approximate surface area is 76.8 Å². The van der Waals surface area contributed by atoms with Crippen LogP contribution < -0.4 is 11.4 Å². The first-order valence-corrected chi connectivity index (χ1v) is 4.78. The fourth-order valence-electron chi connectivity index (χ4n) is 2.07. The quantitative estimate of drug-likeness (QED) is 0.667. The first kappa shape index (κ1) is 8.56. The summed E-state index contributed by atoms with van der Waals surface area (Å²) in [5, 5.41) is 0. The van der Waals surface area contributed by atoms with Gasteiger partial charge in [-0.15, -0.1) is 0 Å². The molecule has 4 nitrogen and oxygen atoms in total. The Morgan fingerprint density at radius 1 is 1.54 bits per heavy atom. The van der Waals surface area contributed by atoms with E-state index in [4.69, 9.17) is 5.73 Å². The molecule has 1 aromatic rings. The molecule has 2 unspecified atom stereocenters. The fourth-order valence-corrected chi connectivity index (χ4v) is 2.07. The minimum atomic E-state index is -0.0147. The zero-order valence-electron chi connectivity index (χ0n) is 7.57. The van der Waals surface area contributed by atoms with Crippen molar-refractivity contribution < 1.29 is 0 Å². The van der Waals surface area contributed by atoms with E-state index in [1.54, 1.807) is 10.8 Å². The Hall–Kier alpha value is -1.03. The molecule has 1 heterocycles. The summed E-state index contributed by atoms with van der Waals surface area (Å²) < 4.78 is 1.76. The van der Waals surface area contributed by atoms with Gasteiger partial charge in [-0.3, -0.25) is 4.57 Å². The van der Waals surface area contributed by atoms with Gasteiger partial charge < -0.3 is 10.7 Å². The molecule has 0 spiro atoms. The Kier molecular flexibility index (Phi) is 2.22. The third-order valence-electron chi connectivity index (χ3n) is 2.76. The minimum absolute atomic E-state index is 0.0147. The van der Waals surface area contributed by atoms with Crippen LogP contribution in [0.25, 0.3) is 0 Å². The summed E-state index contributed by atoms with van der Waals surface area (Å²) in [6.07, 6.45) is 7.72. The summed E-state index contributed by atoms with van der Waals surface area (Å²) in [5.74, 6) is 0. The number of imidazole rings is 1. The summed E-state index contributed by atoms with van der Waals surface area (Å²) in [4.78, 5) is 13.9. The van der Waals surface area contributed by atoms with Gasteiger partial charge in [-0.05, 0) is 25.7 Å². The number of nitrogens with two attached hydrogens (primary N) is 1. The van der Waals surface area contributed by atoms with Gasteiger partial charge in [0.1, 0.15) is 0 Å². The molecule has 13 heavy (non-hydrogen) atoms. The summed E-state index contributed by atoms with van der Waals surface area (Å²) >= 11 is 0. The monoisotopic (exact) mass is 181 g/mol. The molecular formula is C9H15N3O. The minimum Gasteiger partial charge on any atom is -0.328 e. The van der Waals surface area contributed by atoms with Crippen LogP contribution in [0.3, 0.4) is 0 Å². The van der Waals surface area contributed by atoms with E-state index >= 15 is 0 Å². The maximum atomic E-state index is 11.3. The standard InChI is InChI=1S/C9H15N3O/c10-7-2-1-3-8(6-7)12-5-4-11-9(12)13/h4-5,7-8H,1-3,6,10H2,(H,11,13). The van der Waals surface area contributed by atoms with Gasteiger partial charge in [-0.2, -0.15) is 0 Å². The lowest BCUT2D eigenvalue weighted by Crippen LogP contribution is -2.32. The van der Waals surface area contributed by atoms with Crippen LogP contribution in [0, 0.1) is 0 Å². The van der Waals surface area contributed by atoms with Crippen molar-refractivity contribution in [1.82, 2.24) is 9.55 Å². The average Bonchev–Trinajstić information content (AvgIpc) is 2.51. The molecule has 0 amide bonds. The van der Waals surface area contributed by atoms with Crippen LogP contribution in [0.15, 0.2) is 17.2 Å². The third-order valence-corrected chi connectivity index (χ3v) is 2.76. The van der Waals surface area contributed by atoms with Gasteiger partial charge in [0.25, 0.3) is 0 Å². The number of hydrogen-bond donors (Lipinski definition) is 2. The van der Waals surface area contributed by atoms with Crippen molar-refractivity contribution in [2.75, 3.05) is 0 Å². The van der Waals surface area contributed by atoms with Crippen LogP contribution in [0.5, 0.6) is 0 Å². The molecule has 0 radical (unpaired) electrons. The number of aromatic nitrogens is 2. The Morgan fingerprint density at radius 3 is 3.00 bits per heavy atom. The Bertz CT molecular complexity index is 328. The third kappa shape index (κ3) is 1.67. The van der Waals surface area contributed by atoms with Gasteiger partial charge >= 0.3 is 5.69 Å². The number of H-pyrrole nitrogens is 1. The zero-order valence-corrected chi connectivity index (χ0v) is 7.57. The maximum Gasteiger partial charge on any atom is 0.325 e. The van der Waals surface area contributed by atoms with Gasteiger partial charge in [-0.1, -0.05) is 0 Å². The van der Waals surface area contributed by atoms with E-state index in [0.29, 0.717) is 6.04 Å². The number of rotatable bonds is 1. The van der Waals surface area contributed by atoms with E-state index in [1.165, 1.54) is 0 Å². The summed E-state index contributed by atoms with van der Waals surface area (Å²) in [7, 11) is 0. The first-order chi connectivity index (χ1) is 6.27. The van der Waals surface area contributed by atoms with Gasteiger partial charge in [0.05, 0.1) is 0 Å². The normalized spacial score (nSPS) is 29.0. The highest BCUT2D eigenvalue weighted by Gasteiger charge is 2.21. The van der Waals surface area contributed by atoms with Gasteiger partial charge in [-0.25, -0.2) is 4.79 Å². The van der Waals surface area contributed by atoms with E-state index in [0.717, 1.165) is 25.7 Å². The van der Waals surface area contributed by atoms with Crippen LogP contribution >= 0.6 is 0 Å². The highest BCUT2D eigenvalue weighted by atomic mass is 16.1. The number of nitrogens with zero attached hydrogens (tertiary/aromatic N) is 1. The van der Waals surface area contributed by atoms with E-state index in [2.05, 4.69) is 4.98 Å². The van der Waals surface area contributed by atoms with E-state index in [-0.39, 0.29) is 11.7 Å². The zero-order chi connectivity index (χ0) is 9.26. The predicted molar refractivity (Wildman–Crippen MR) is 50.5 cm³/mol. The van der Waals surface area contributed by atoms with Crippen LogP contribution in [0.4, 0.5) is 0 Å². The molecule has 2 atom stereocenters. The Morgan fingerprint density at radius 2 is 2.38 bits per heavy atom. The molecular weight excluding hydrogens is 166 g/mol. The number of hydrogen-bond acceptors (Lipinski definition) is 2. The average molecular weight is 181 g/mol. The van der Waals surface area contributed by atoms with E-state index in [1.807, 2.05) is 6.20 Å². The molecule has 1 aliphatic rings. The lowest BCUT2D eigenvalue weighted by molar-refractivity contribution is 0.315. The molecule has 0 aliphatic heterocycles. The first-order valence-electron chi connectivity index (χ1n) is 4.78. The van der Waals surface area contributed by atoms with Crippen LogP contribution in [0.2, 0.25) is 0 Å². The smallest absolute Gasteiger partial charge is 0.325 e. The molecule has 0 bridgehead atoms. The van der Waals surface area contributed by atoms with Gasteiger partial charge in [0.15, 0.2) is 0 Å². The van der Waals surface area contributed by atoms with Crippen LogP contribution in [-0.4, -0.2) is 15.6 Å². The molecule has 3 N–H and O–H groups in total. The van der Waals surface area contributed by atoms with Gasteiger partial charge in [0, 0.05) is 24.5 Å². The molecule has 0 aromatic carbocycles. The van der Waals surface area contributed by atoms with Crippen molar-refractivity contribution in [3.8, 4) is 0 Å². The fraction of sp³-hybridized carbons (Fsp3) is 0.667. The summed E-state index contributed by atoms with van der Waals surface area (Å²) in [6.45, 7) is 0. The van der Waals surface area contributed by atoms with Crippen molar-refractivity contribution in [3.05, 3.63) is 22.9 Å². The lowest BCUT2D eigenvalue weighted by atomic mass is 9.91. The molecule has 2 rings (SSSR count). The predicted octanol–water partition coefficient (Wildman–Crippen LogP) is 0.619. The van der Waals surface area contributed by atoms with Crippen molar-refractivity contribution in [3.63, 3.8) is 0 Å². The second-order valence-electron chi connectivity index (χ2n) is 3.75. The van der Waals surface area contributed by atoms with Crippen molar-refractivity contribution in [1.29, 1.82) is 0 Å². The van der Waals surface area contributed by atoms with Crippen molar-refractivity contribution in [2.24, 2.45) is 5.73 Å². The lowest BCUT2D eigenvalue weighted by Gasteiger charge is -2.26. The molecule has 1 saturated carbocycles. The molecule has 1 aliphatic carbocycles. The van der Waals surface area contributed by atoms with Crippen molar-refractivity contribution >= 4 is 0 Å². The number of aromatic amines is 1. The second-order valence-corrected chi connectivity index (χ2v) is 3.75. The maximum absolute atomic E-state index is 11.3. The highest BCUT2D eigenvalue weighted by molar-refractivity contribution is 4.86. The van der Waals surface area contributed by atoms with Crippen LogP contribution in [0.1, 0.15) is 31.7 Å². The largest absolute Gasteiger partial charge is 0.328 e. The van der Waals surface area contributed by atoms with Gasteiger partial charge in [0.2, 0.25) is 0 Å². The molecule has 1 fully saturated rings. The number of nitrogens with one attached hydrogen (secondary N) is 1. The SMILES string of the molecule is NC1CCCC(n2cc[nH]c2=O)C1. The summed E-state index contributed by atoms with van der Waals surface area (Å²) in [5.41, 5.74) is 5.84. The van der Waals surface area contributed by atoms with E-state index in [9.17, 15) is 4.79 Å². The molecule has 72 valence electrons. The molecule has 1 aromatic heterocycles. The molecule has 0 saturated heterocycles. The molecule has 4 heteroatoms. The summed E-state index contributed by atoms with van der Waals surface area (Å²) in [6, 6.07) is 0.572. The van der Waals surface area contributed by atoms with Crippen molar-refractivity contribution in [2.45, 2.75) is 37.8 Å². The van der Waals surface area contributed by atoms with E-state index < -0.39 is 0 Å². The highest BCUT2D eigenvalue weighted by Crippen LogP contribution is 2.25. The Balaban J connectivity index is 2.17.